The lowest BCUT2D eigenvalue weighted by Crippen LogP contribution is -2.17. The van der Waals surface area contributed by atoms with Crippen molar-refractivity contribution in [3.63, 3.8) is 0 Å². The first-order valence-corrected chi connectivity index (χ1v) is 15.4. The minimum atomic E-state index is 0.943. The third kappa shape index (κ3) is 9.12. The van der Waals surface area contributed by atoms with Gasteiger partial charge in [0.05, 0.1) is 0 Å². The molecule has 0 saturated carbocycles. The maximum absolute atomic E-state index is 2.33. The molecule has 44 heavy (non-hydrogen) atoms. The van der Waals surface area contributed by atoms with Crippen LogP contribution in [0.15, 0.2) is 158 Å². The highest BCUT2D eigenvalue weighted by Gasteiger charge is 2.04. The van der Waals surface area contributed by atoms with Crippen LogP contribution in [0.3, 0.4) is 0 Å². The maximum Gasteiger partial charge on any atom is 0.0240 e. The van der Waals surface area contributed by atoms with Gasteiger partial charge in [-0.1, -0.05) is 170 Å². The van der Waals surface area contributed by atoms with Crippen LogP contribution in [0, 0.1) is 0 Å². The van der Waals surface area contributed by atoms with E-state index in [1.807, 2.05) is 12.1 Å². The second kappa shape index (κ2) is 16.2. The number of likely N-dealkylation sites (N-methyl/N-ethyl adjacent to an activating group) is 2. The number of rotatable bonds is 10. The summed E-state index contributed by atoms with van der Waals surface area (Å²) in [7, 11) is 4.33. The largest absolute Gasteiger partial charge is 0.298 e. The molecule has 0 aromatic heterocycles. The normalized spacial score (nSPS) is 11.5. The summed E-state index contributed by atoms with van der Waals surface area (Å²) >= 11 is 0. The van der Waals surface area contributed by atoms with Gasteiger partial charge in [-0.25, -0.2) is 0 Å². The van der Waals surface area contributed by atoms with E-state index in [-0.39, 0.29) is 0 Å². The van der Waals surface area contributed by atoms with Gasteiger partial charge < -0.3 is 0 Å². The number of nitrogens with zero attached hydrogens (tertiary/aromatic N) is 2. The van der Waals surface area contributed by atoms with E-state index >= 15 is 0 Å². The van der Waals surface area contributed by atoms with E-state index < -0.39 is 0 Å². The van der Waals surface area contributed by atoms with Crippen LogP contribution in [-0.4, -0.2) is 37.0 Å². The molecule has 0 saturated heterocycles. The van der Waals surface area contributed by atoms with Gasteiger partial charge in [-0.3, -0.25) is 9.80 Å². The Morgan fingerprint density at radius 1 is 0.409 bits per heavy atom. The standard InChI is InChI=1S/2C21H21N/c2*1-22(16-8-11-18-9-3-2-4-10-18)17-20-14-7-13-19-12-5-6-15-21(19)20/h2*2-15H,16-17H2,1H3/b2*11-8+. The van der Waals surface area contributed by atoms with E-state index in [1.165, 1.54) is 43.8 Å². The Balaban J connectivity index is 0.000000175. The lowest BCUT2D eigenvalue weighted by atomic mass is 10.0. The summed E-state index contributed by atoms with van der Waals surface area (Å²) in [5.74, 6) is 0. The summed E-state index contributed by atoms with van der Waals surface area (Å²) in [4.78, 5) is 4.67. The van der Waals surface area contributed by atoms with E-state index in [1.54, 1.807) is 0 Å². The maximum atomic E-state index is 2.33. The van der Waals surface area contributed by atoms with E-state index in [0.717, 1.165) is 26.2 Å². The summed E-state index contributed by atoms with van der Waals surface area (Å²) < 4.78 is 0. The van der Waals surface area contributed by atoms with Crippen molar-refractivity contribution in [2.24, 2.45) is 0 Å². The molecule has 0 spiro atoms. The Bertz CT molecular complexity index is 1640. The second-order valence-electron chi connectivity index (χ2n) is 11.3. The third-order valence-corrected chi connectivity index (χ3v) is 7.69. The molecule has 0 amide bonds. The van der Waals surface area contributed by atoms with E-state index in [4.69, 9.17) is 0 Å². The molecule has 0 aliphatic carbocycles. The van der Waals surface area contributed by atoms with Crippen molar-refractivity contribution in [1.82, 2.24) is 9.80 Å². The number of benzene rings is 6. The molecular formula is C42H42N2. The average molecular weight is 575 g/mol. The molecule has 2 nitrogen and oxygen atoms in total. The Kier molecular flexibility index (Phi) is 11.3. The minimum Gasteiger partial charge on any atom is -0.298 e. The molecule has 0 bridgehead atoms. The molecule has 0 N–H and O–H groups in total. The van der Waals surface area contributed by atoms with Crippen LogP contribution in [0.5, 0.6) is 0 Å². The van der Waals surface area contributed by atoms with Crippen molar-refractivity contribution in [3.8, 4) is 0 Å². The first-order valence-electron chi connectivity index (χ1n) is 15.4. The summed E-state index contributed by atoms with van der Waals surface area (Å²) in [6.07, 6.45) is 8.81. The Labute approximate surface area is 263 Å². The molecule has 6 aromatic carbocycles. The zero-order valence-electron chi connectivity index (χ0n) is 25.9. The average Bonchev–Trinajstić information content (AvgIpc) is 3.06. The second-order valence-corrected chi connectivity index (χ2v) is 11.3. The van der Waals surface area contributed by atoms with Crippen LogP contribution >= 0.6 is 0 Å². The minimum absolute atomic E-state index is 0.943. The zero-order chi connectivity index (χ0) is 30.4. The van der Waals surface area contributed by atoms with Gasteiger partial charge in [-0.05, 0) is 57.9 Å². The molecular weight excluding hydrogens is 532 g/mol. The van der Waals surface area contributed by atoms with Gasteiger partial charge in [0.25, 0.3) is 0 Å². The lowest BCUT2D eigenvalue weighted by Gasteiger charge is -2.16. The number of hydrogen-bond donors (Lipinski definition) is 0. The zero-order valence-corrected chi connectivity index (χ0v) is 25.9. The first kappa shape index (κ1) is 30.7. The highest BCUT2D eigenvalue weighted by Crippen LogP contribution is 2.21. The molecule has 0 fully saturated rings. The van der Waals surface area contributed by atoms with Crippen LogP contribution in [0.4, 0.5) is 0 Å². The van der Waals surface area contributed by atoms with E-state index in [2.05, 4.69) is 182 Å². The van der Waals surface area contributed by atoms with Gasteiger partial charge in [0.2, 0.25) is 0 Å². The number of hydrogen-bond acceptors (Lipinski definition) is 2. The fraction of sp³-hybridized carbons (Fsp3) is 0.143. The summed E-state index contributed by atoms with van der Waals surface area (Å²) in [6, 6.07) is 51.1. The highest BCUT2D eigenvalue weighted by molar-refractivity contribution is 5.86. The van der Waals surface area contributed by atoms with Gasteiger partial charge in [0.15, 0.2) is 0 Å². The topological polar surface area (TPSA) is 6.48 Å². The molecule has 6 aromatic rings. The molecule has 6 rings (SSSR count). The Hall–Kier alpha value is -4.76. The van der Waals surface area contributed by atoms with Gasteiger partial charge in [-0.2, -0.15) is 0 Å². The smallest absolute Gasteiger partial charge is 0.0240 e. The van der Waals surface area contributed by atoms with Gasteiger partial charge in [0, 0.05) is 26.2 Å². The molecule has 0 atom stereocenters. The fourth-order valence-electron chi connectivity index (χ4n) is 5.44. The van der Waals surface area contributed by atoms with Gasteiger partial charge in [0.1, 0.15) is 0 Å². The third-order valence-electron chi connectivity index (χ3n) is 7.69. The van der Waals surface area contributed by atoms with Crippen LogP contribution in [0.1, 0.15) is 22.3 Å². The summed E-state index contributed by atoms with van der Waals surface area (Å²) in [5, 5.41) is 5.33. The summed E-state index contributed by atoms with van der Waals surface area (Å²) in [5.41, 5.74) is 5.27. The SMILES string of the molecule is CN(C/C=C/c1ccccc1)Cc1cccc2ccccc12.CN(C/C=C/c1ccccc1)Cc1cccc2ccccc12. The molecule has 0 heterocycles. The quantitative estimate of drug-likeness (QED) is 0.161. The van der Waals surface area contributed by atoms with Crippen LogP contribution in [0.2, 0.25) is 0 Å². The molecule has 0 unspecified atom stereocenters. The Morgan fingerprint density at radius 3 is 1.20 bits per heavy atom. The van der Waals surface area contributed by atoms with Crippen molar-refractivity contribution < 1.29 is 0 Å². The fourth-order valence-corrected chi connectivity index (χ4v) is 5.44. The van der Waals surface area contributed by atoms with Crippen molar-refractivity contribution in [2.75, 3.05) is 27.2 Å². The van der Waals surface area contributed by atoms with Crippen molar-refractivity contribution in [3.05, 3.63) is 180 Å². The highest BCUT2D eigenvalue weighted by atomic mass is 15.1. The predicted molar refractivity (Wildman–Crippen MR) is 192 cm³/mol. The van der Waals surface area contributed by atoms with Crippen molar-refractivity contribution >= 4 is 33.7 Å². The van der Waals surface area contributed by atoms with Crippen LogP contribution in [0.25, 0.3) is 33.7 Å². The summed E-state index contributed by atoms with van der Waals surface area (Å²) in [6.45, 7) is 3.80. The van der Waals surface area contributed by atoms with Gasteiger partial charge >= 0.3 is 0 Å². The molecule has 0 radical (unpaired) electrons. The lowest BCUT2D eigenvalue weighted by molar-refractivity contribution is 0.365. The number of fused-ring (bicyclic) bond motifs is 2. The van der Waals surface area contributed by atoms with Crippen molar-refractivity contribution in [1.29, 1.82) is 0 Å². The van der Waals surface area contributed by atoms with Gasteiger partial charge in [-0.15, -0.1) is 0 Å². The molecule has 0 aliphatic rings. The van der Waals surface area contributed by atoms with Crippen LogP contribution in [-0.2, 0) is 13.1 Å². The Morgan fingerprint density at radius 2 is 0.773 bits per heavy atom. The van der Waals surface area contributed by atoms with Crippen LogP contribution < -0.4 is 0 Å². The first-order chi connectivity index (χ1) is 21.7. The molecule has 0 aliphatic heterocycles. The van der Waals surface area contributed by atoms with Crippen molar-refractivity contribution in [2.45, 2.75) is 13.1 Å². The van der Waals surface area contributed by atoms with E-state index in [0.29, 0.717) is 0 Å². The predicted octanol–water partition coefficient (Wildman–Crippen LogP) is 9.97. The molecule has 2 heteroatoms. The monoisotopic (exact) mass is 574 g/mol. The van der Waals surface area contributed by atoms with E-state index in [9.17, 15) is 0 Å². The molecule has 220 valence electrons.